The Bertz CT molecular complexity index is 1960. The second-order valence-electron chi connectivity index (χ2n) is 12.8. The first-order chi connectivity index (χ1) is 23.9. The number of rotatable bonds is 7. The summed E-state index contributed by atoms with van der Waals surface area (Å²) in [5.41, 5.74) is 2.44. The molecule has 3 aliphatic heterocycles. The number of pyridine rings is 1. The van der Waals surface area contributed by atoms with Crippen LogP contribution in [0.1, 0.15) is 60.3 Å². The summed E-state index contributed by atoms with van der Waals surface area (Å²) in [6, 6.07) is 1.66. The lowest BCUT2D eigenvalue weighted by Crippen LogP contribution is -2.72. The largest absolute Gasteiger partial charge is 0.504 e. The predicted molar refractivity (Wildman–Crippen MR) is 177 cm³/mol. The topological polar surface area (TPSA) is 169 Å². The summed E-state index contributed by atoms with van der Waals surface area (Å²) in [6.07, 6.45) is 4.74. The number of nitriles is 1. The minimum Gasteiger partial charge on any atom is -0.504 e. The first-order valence-corrected chi connectivity index (χ1v) is 16.2. The monoisotopic (exact) mass is 682 g/mol. The smallest absolute Gasteiger partial charge is 0.343 e. The Morgan fingerprint density at radius 1 is 1.08 bits per heavy atom. The van der Waals surface area contributed by atoms with Crippen molar-refractivity contribution in [3.63, 3.8) is 0 Å². The number of hydrogen-bond acceptors (Lipinski definition) is 13. The van der Waals surface area contributed by atoms with Crippen LogP contribution in [0.15, 0.2) is 58.7 Å². The maximum Gasteiger partial charge on any atom is 0.343 e. The van der Waals surface area contributed by atoms with E-state index in [9.17, 15) is 29.5 Å². The predicted octanol–water partition coefficient (Wildman–Crippen LogP) is 3.45. The lowest BCUT2D eigenvalue weighted by Gasteiger charge is -2.60. The van der Waals surface area contributed by atoms with E-state index in [1.165, 1.54) is 38.7 Å². The number of allylic oxidation sites excluding steroid dienone is 3. The molecule has 0 spiro atoms. The highest BCUT2D eigenvalue weighted by molar-refractivity contribution is 6.25. The van der Waals surface area contributed by atoms with Gasteiger partial charge in [-0.2, -0.15) is 5.26 Å². The molecule has 1 aliphatic carbocycles. The van der Waals surface area contributed by atoms with E-state index in [1.807, 2.05) is 16.8 Å². The molecular weight excluding hydrogens is 644 g/mol. The van der Waals surface area contributed by atoms with Crippen LogP contribution < -0.4 is 9.47 Å². The lowest BCUT2D eigenvalue weighted by molar-refractivity contribution is -0.144. The molecule has 0 amide bonds. The number of esters is 2. The van der Waals surface area contributed by atoms with E-state index in [-0.39, 0.29) is 70.5 Å². The molecule has 13 heteroatoms. The van der Waals surface area contributed by atoms with Gasteiger partial charge in [0.1, 0.15) is 18.4 Å². The molecule has 0 radical (unpaired) electrons. The number of benzene rings is 1. The van der Waals surface area contributed by atoms with Crippen molar-refractivity contribution in [3.8, 4) is 23.3 Å². The van der Waals surface area contributed by atoms with E-state index in [0.717, 1.165) is 0 Å². The molecule has 50 heavy (non-hydrogen) atoms. The van der Waals surface area contributed by atoms with E-state index < -0.39 is 47.9 Å². The molecule has 260 valence electrons. The maximum atomic E-state index is 14.1. The van der Waals surface area contributed by atoms with Gasteiger partial charge >= 0.3 is 11.9 Å². The van der Waals surface area contributed by atoms with Crippen molar-refractivity contribution < 1.29 is 43.2 Å². The molecule has 1 fully saturated rings. The Hall–Kier alpha value is -5.32. The second-order valence-corrected chi connectivity index (χ2v) is 12.8. The number of phenolic OH excluding ortho intramolecular Hbond substituents is 1. The number of hydrogen-bond donors (Lipinski definition) is 1. The second kappa shape index (κ2) is 13.2. The molecule has 2 aromatic rings. The van der Waals surface area contributed by atoms with Gasteiger partial charge in [-0.3, -0.25) is 24.4 Å². The van der Waals surface area contributed by atoms with Crippen LogP contribution >= 0.6 is 0 Å². The minimum absolute atomic E-state index is 0.0386. The molecule has 2 bridgehead atoms. The molecule has 1 aromatic carbocycles. The van der Waals surface area contributed by atoms with Gasteiger partial charge in [0.25, 0.3) is 0 Å². The first kappa shape index (κ1) is 34.5. The highest BCUT2D eigenvalue weighted by Gasteiger charge is 2.59. The van der Waals surface area contributed by atoms with Crippen molar-refractivity contribution in [1.29, 1.82) is 5.26 Å². The third kappa shape index (κ3) is 5.18. The Kier molecular flexibility index (Phi) is 9.11. The number of nitrogens with zero attached hydrogens (tertiary/aromatic N) is 4. The van der Waals surface area contributed by atoms with Crippen molar-refractivity contribution in [3.05, 3.63) is 80.9 Å². The third-order valence-corrected chi connectivity index (χ3v) is 10.5. The summed E-state index contributed by atoms with van der Waals surface area (Å²) >= 11 is 0. The number of fused-ring (bicyclic) bond motifs is 6. The molecule has 5 atom stereocenters. The molecule has 6 rings (SSSR count). The van der Waals surface area contributed by atoms with Gasteiger partial charge in [-0.15, -0.1) is 0 Å². The summed E-state index contributed by atoms with van der Waals surface area (Å²) in [4.78, 5) is 62.2. The molecule has 0 saturated carbocycles. The van der Waals surface area contributed by atoms with Crippen LogP contribution in [-0.4, -0.2) is 95.4 Å². The molecule has 1 aromatic heterocycles. The zero-order chi connectivity index (χ0) is 36.2. The van der Waals surface area contributed by atoms with Crippen LogP contribution in [0.5, 0.6) is 17.2 Å². The Balaban J connectivity index is 1.59. The van der Waals surface area contributed by atoms with Gasteiger partial charge < -0.3 is 24.1 Å². The highest BCUT2D eigenvalue weighted by Crippen LogP contribution is 2.55. The van der Waals surface area contributed by atoms with Crippen LogP contribution in [-0.2, 0) is 30.3 Å². The number of piperazine rings is 1. The third-order valence-electron chi connectivity index (χ3n) is 10.5. The SMILES string of the molecule is C/C=C(/C)C(=O)OC[C@H]1c2c(O)c(OC)c(C)c(OC(=O)c3ccncc3)c2C[C@H]2[C@H]3C4=C(C[C@H]([C@H](C#N)N12)N3C)C(=O)C(C)=C(OC)C4=O. The summed E-state index contributed by atoms with van der Waals surface area (Å²) in [5, 5.41) is 22.7. The Morgan fingerprint density at radius 2 is 1.78 bits per heavy atom. The summed E-state index contributed by atoms with van der Waals surface area (Å²) in [6.45, 7) is 6.22. The summed E-state index contributed by atoms with van der Waals surface area (Å²) < 4.78 is 23.0. The van der Waals surface area contributed by atoms with E-state index in [4.69, 9.17) is 18.9 Å². The molecule has 4 heterocycles. The van der Waals surface area contributed by atoms with Crippen LogP contribution in [0.3, 0.4) is 0 Å². The lowest BCUT2D eigenvalue weighted by atomic mass is 9.69. The minimum atomic E-state index is -0.954. The Labute approximate surface area is 289 Å². The highest BCUT2D eigenvalue weighted by atomic mass is 16.5. The van der Waals surface area contributed by atoms with Crippen LogP contribution in [0.4, 0.5) is 0 Å². The standard InChI is InChI=1S/C37H38N4O9/c1-8-17(2)36(45)49-16-26-27-22(33(19(4)35(48-7)31(27)43)50-37(46)20-9-11-39-12-10-20)14-24-29-28-21(30(42)18(3)34(47-6)32(28)44)13-23(40(29)5)25(15-38)41(24)26/h8-12,23-26,29,43H,13-14,16H2,1-7H3/b17-8-/t23-,24+,25+,26+,29+/m1/s1. The number of ether oxygens (including phenoxy) is 4. The van der Waals surface area contributed by atoms with E-state index >= 15 is 0 Å². The van der Waals surface area contributed by atoms with Gasteiger partial charge in [-0.25, -0.2) is 9.59 Å². The molecule has 4 aliphatic rings. The number of phenols is 1. The zero-order valence-electron chi connectivity index (χ0n) is 28.9. The van der Waals surface area contributed by atoms with Crippen molar-refractivity contribution in [1.82, 2.24) is 14.8 Å². The van der Waals surface area contributed by atoms with E-state index in [1.54, 1.807) is 33.8 Å². The number of Topliss-reactive ketones (excluding diaryl/α,β-unsaturated/α-hetero) is 2. The fourth-order valence-electron chi connectivity index (χ4n) is 7.96. The number of ketones is 2. The maximum absolute atomic E-state index is 14.1. The van der Waals surface area contributed by atoms with Gasteiger partial charge in [-0.1, -0.05) is 6.08 Å². The Morgan fingerprint density at radius 3 is 2.40 bits per heavy atom. The number of carbonyl (C=O) groups excluding carboxylic acids is 4. The fourth-order valence-corrected chi connectivity index (χ4v) is 7.96. The van der Waals surface area contributed by atoms with Crippen LogP contribution in [0.25, 0.3) is 0 Å². The van der Waals surface area contributed by atoms with Crippen LogP contribution in [0, 0.1) is 18.3 Å². The number of methoxy groups -OCH3 is 2. The summed E-state index contributed by atoms with van der Waals surface area (Å²) in [7, 11) is 4.54. The molecule has 1 N–H and O–H groups in total. The number of likely N-dealkylation sites (N-methyl/N-ethyl adjacent to an activating group) is 1. The van der Waals surface area contributed by atoms with E-state index in [2.05, 4.69) is 11.1 Å². The molecule has 13 nitrogen and oxygen atoms in total. The number of aromatic hydroxyl groups is 1. The van der Waals surface area contributed by atoms with Crippen molar-refractivity contribution in [2.24, 2.45) is 0 Å². The average Bonchev–Trinajstić information content (AvgIpc) is 3.11. The van der Waals surface area contributed by atoms with Gasteiger partial charge in [0.2, 0.25) is 5.78 Å². The zero-order valence-corrected chi connectivity index (χ0v) is 28.9. The fraction of sp³-hybridized carbons (Fsp3) is 0.405. The molecular formula is C37H38N4O9. The normalized spacial score (nSPS) is 24.9. The van der Waals surface area contributed by atoms with Crippen molar-refractivity contribution in [2.45, 2.75) is 70.7 Å². The van der Waals surface area contributed by atoms with Crippen molar-refractivity contribution >= 4 is 23.5 Å². The van der Waals surface area contributed by atoms with Gasteiger partial charge in [-0.05, 0) is 59.7 Å². The van der Waals surface area contributed by atoms with Crippen molar-refractivity contribution in [2.75, 3.05) is 27.9 Å². The van der Waals surface area contributed by atoms with Gasteiger partial charge in [0.15, 0.2) is 23.0 Å². The van der Waals surface area contributed by atoms with Gasteiger partial charge in [0.05, 0.1) is 37.9 Å². The molecule has 0 unspecified atom stereocenters. The van der Waals surface area contributed by atoms with Crippen LogP contribution in [0.2, 0.25) is 0 Å². The van der Waals surface area contributed by atoms with E-state index in [0.29, 0.717) is 22.3 Å². The number of aromatic nitrogens is 1. The molecule has 1 saturated heterocycles. The quantitative estimate of drug-likeness (QED) is 0.195. The summed E-state index contributed by atoms with van der Waals surface area (Å²) in [5.74, 6) is -2.12. The van der Waals surface area contributed by atoms with Gasteiger partial charge in [0, 0.05) is 63.5 Å². The number of carbonyl (C=O) groups is 4. The first-order valence-electron chi connectivity index (χ1n) is 16.2. The average molecular weight is 683 g/mol.